The largest absolute Gasteiger partial charge is 0.264 e. The molecular formula is C7H5N4. The van der Waals surface area contributed by atoms with Gasteiger partial charge in [-0.2, -0.15) is 0 Å². The molecule has 0 fully saturated rings. The first-order valence-electron chi connectivity index (χ1n) is 3.17. The number of pyridine rings is 1. The molecule has 11 heavy (non-hydrogen) atoms. The van der Waals surface area contributed by atoms with Crippen molar-refractivity contribution in [2.45, 2.75) is 0 Å². The Morgan fingerprint density at radius 2 is 2.27 bits per heavy atom. The van der Waals surface area contributed by atoms with Gasteiger partial charge in [0.05, 0.1) is 0 Å². The average Bonchev–Trinajstić information content (AvgIpc) is 2.58. The van der Waals surface area contributed by atoms with Crippen molar-refractivity contribution in [2.24, 2.45) is 10.2 Å². The molecule has 53 valence electrons. The minimum absolute atomic E-state index is 0.623. The molecule has 0 saturated carbocycles. The van der Waals surface area contributed by atoms with Crippen molar-refractivity contribution in [2.75, 3.05) is 0 Å². The Morgan fingerprint density at radius 3 is 2.91 bits per heavy atom. The number of hydrogen-bond donors (Lipinski definition) is 0. The molecular weight excluding hydrogens is 140 g/mol. The molecule has 2 rings (SSSR count). The summed E-state index contributed by atoms with van der Waals surface area (Å²) < 4.78 is 0. The fourth-order valence-corrected chi connectivity index (χ4v) is 0.814. The fourth-order valence-electron chi connectivity index (χ4n) is 0.814. The van der Waals surface area contributed by atoms with Gasteiger partial charge < -0.3 is 0 Å². The second kappa shape index (κ2) is 2.49. The molecule has 0 bridgehead atoms. The van der Waals surface area contributed by atoms with Crippen LogP contribution in [-0.2, 0) is 0 Å². The van der Waals surface area contributed by atoms with Crippen LogP contribution in [0.2, 0.25) is 0 Å². The maximum Gasteiger partial charge on any atom is 0.184 e. The van der Waals surface area contributed by atoms with Crippen molar-refractivity contribution in [3.63, 3.8) is 0 Å². The number of rotatable bonds is 1. The van der Waals surface area contributed by atoms with Crippen molar-refractivity contribution >= 4 is 12.2 Å². The molecule has 0 N–H and O–H groups in total. The molecule has 0 unspecified atom stereocenters. The topological polar surface area (TPSA) is 51.7 Å². The lowest BCUT2D eigenvalue weighted by Crippen LogP contribution is -2.10. The van der Waals surface area contributed by atoms with Crippen molar-refractivity contribution in [1.29, 1.82) is 0 Å². The molecule has 0 atom stereocenters. The molecule has 2 heterocycles. The number of aromatic nitrogens is 1. The Morgan fingerprint density at radius 1 is 1.27 bits per heavy atom. The highest BCUT2D eigenvalue weighted by molar-refractivity contribution is 6.05. The van der Waals surface area contributed by atoms with Crippen LogP contribution in [0, 0.1) is 0 Å². The lowest BCUT2D eigenvalue weighted by Gasteiger charge is -1.94. The van der Waals surface area contributed by atoms with Crippen LogP contribution >= 0.6 is 0 Å². The van der Waals surface area contributed by atoms with E-state index >= 15 is 0 Å². The monoisotopic (exact) mass is 145 g/mol. The summed E-state index contributed by atoms with van der Waals surface area (Å²) in [5, 5.41) is 11.3. The first-order chi connectivity index (χ1) is 5.47. The third-order valence-electron chi connectivity index (χ3n) is 1.30. The molecule has 1 aliphatic rings. The van der Waals surface area contributed by atoms with Crippen LogP contribution < -0.4 is 5.32 Å². The highest BCUT2D eigenvalue weighted by Crippen LogP contribution is 1.99. The van der Waals surface area contributed by atoms with Gasteiger partial charge in [0.2, 0.25) is 0 Å². The van der Waals surface area contributed by atoms with Crippen molar-refractivity contribution in [3.05, 3.63) is 30.1 Å². The zero-order chi connectivity index (χ0) is 7.52. The van der Waals surface area contributed by atoms with Gasteiger partial charge in [-0.25, -0.2) is 5.32 Å². The standard InChI is InChI=1S/C7H5N4/c1-2-6(4-8-3-1)7-9-5-10-11-7/h1-5H. The van der Waals surface area contributed by atoms with Crippen LogP contribution in [0.25, 0.3) is 0 Å². The van der Waals surface area contributed by atoms with E-state index in [4.69, 9.17) is 0 Å². The number of amidine groups is 1. The molecule has 4 heteroatoms. The SMILES string of the molecule is C1=NN=C(c2cccnc2)[N]1. The smallest absolute Gasteiger partial charge is 0.184 e. The minimum Gasteiger partial charge on any atom is -0.264 e. The molecule has 0 aromatic carbocycles. The highest BCUT2D eigenvalue weighted by atomic mass is 15.3. The summed E-state index contributed by atoms with van der Waals surface area (Å²) in [6.07, 6.45) is 4.83. The van der Waals surface area contributed by atoms with E-state index in [1.807, 2.05) is 12.1 Å². The van der Waals surface area contributed by atoms with E-state index < -0.39 is 0 Å². The Balaban J connectivity index is 2.31. The first kappa shape index (κ1) is 6.03. The predicted octanol–water partition coefficient (Wildman–Crippen LogP) is 0.389. The van der Waals surface area contributed by atoms with Crippen LogP contribution in [0.3, 0.4) is 0 Å². The van der Waals surface area contributed by atoms with E-state index in [0.717, 1.165) is 5.56 Å². The second-order valence-corrected chi connectivity index (χ2v) is 2.03. The van der Waals surface area contributed by atoms with Crippen molar-refractivity contribution in [3.8, 4) is 0 Å². The van der Waals surface area contributed by atoms with Crippen LogP contribution in [0.15, 0.2) is 34.7 Å². The van der Waals surface area contributed by atoms with E-state index in [0.29, 0.717) is 5.84 Å². The quantitative estimate of drug-likeness (QED) is 0.564. The predicted molar refractivity (Wildman–Crippen MR) is 41.4 cm³/mol. The van der Waals surface area contributed by atoms with Gasteiger partial charge in [0.25, 0.3) is 0 Å². The Hall–Kier alpha value is -1.71. The van der Waals surface area contributed by atoms with Crippen molar-refractivity contribution in [1.82, 2.24) is 10.3 Å². The number of nitrogens with zero attached hydrogens (tertiary/aromatic N) is 4. The number of hydrogen-bond acceptors (Lipinski definition) is 3. The molecule has 0 amide bonds. The summed E-state index contributed by atoms with van der Waals surface area (Å²) in [6, 6.07) is 3.73. The Bertz CT molecular complexity index is 301. The van der Waals surface area contributed by atoms with E-state index in [1.54, 1.807) is 12.4 Å². The van der Waals surface area contributed by atoms with E-state index in [9.17, 15) is 0 Å². The third kappa shape index (κ3) is 1.10. The van der Waals surface area contributed by atoms with Crippen molar-refractivity contribution < 1.29 is 0 Å². The summed E-state index contributed by atoms with van der Waals surface area (Å²) in [6.45, 7) is 0. The summed E-state index contributed by atoms with van der Waals surface area (Å²) >= 11 is 0. The fraction of sp³-hybridized carbons (Fsp3) is 0. The molecule has 1 radical (unpaired) electrons. The zero-order valence-corrected chi connectivity index (χ0v) is 5.68. The summed E-state index contributed by atoms with van der Waals surface area (Å²) in [7, 11) is 0. The molecule has 1 aromatic rings. The van der Waals surface area contributed by atoms with Gasteiger partial charge in [0, 0.05) is 18.0 Å². The van der Waals surface area contributed by atoms with Gasteiger partial charge in [0.1, 0.15) is 6.34 Å². The van der Waals surface area contributed by atoms with Gasteiger partial charge in [-0.3, -0.25) is 4.98 Å². The summed E-state index contributed by atoms with van der Waals surface area (Å²) in [5.41, 5.74) is 0.894. The summed E-state index contributed by atoms with van der Waals surface area (Å²) in [5.74, 6) is 0.623. The maximum absolute atomic E-state index is 3.93. The maximum atomic E-state index is 3.93. The van der Waals surface area contributed by atoms with Gasteiger partial charge in [-0.05, 0) is 12.1 Å². The molecule has 0 saturated heterocycles. The van der Waals surface area contributed by atoms with Gasteiger partial charge in [-0.1, -0.05) is 0 Å². The van der Waals surface area contributed by atoms with E-state index in [-0.39, 0.29) is 0 Å². The van der Waals surface area contributed by atoms with E-state index in [2.05, 4.69) is 20.5 Å². The van der Waals surface area contributed by atoms with Crippen LogP contribution in [-0.4, -0.2) is 17.2 Å². The van der Waals surface area contributed by atoms with Crippen LogP contribution in [0.1, 0.15) is 5.56 Å². The lowest BCUT2D eigenvalue weighted by atomic mass is 10.3. The van der Waals surface area contributed by atoms with Crippen LogP contribution in [0.5, 0.6) is 0 Å². The van der Waals surface area contributed by atoms with Gasteiger partial charge >= 0.3 is 0 Å². The normalized spacial score (nSPS) is 14.4. The average molecular weight is 145 g/mol. The second-order valence-electron chi connectivity index (χ2n) is 2.03. The third-order valence-corrected chi connectivity index (χ3v) is 1.30. The first-order valence-corrected chi connectivity index (χ1v) is 3.17. The molecule has 4 nitrogen and oxygen atoms in total. The van der Waals surface area contributed by atoms with Gasteiger partial charge in [-0.15, -0.1) is 10.2 Å². The van der Waals surface area contributed by atoms with Gasteiger partial charge in [0.15, 0.2) is 5.84 Å². The van der Waals surface area contributed by atoms with Crippen LogP contribution in [0.4, 0.5) is 0 Å². The van der Waals surface area contributed by atoms with E-state index in [1.165, 1.54) is 6.34 Å². The minimum atomic E-state index is 0.623. The molecule has 1 aromatic heterocycles. The molecule has 1 aliphatic heterocycles. The summed E-state index contributed by atoms with van der Waals surface area (Å²) in [4.78, 5) is 3.93. The lowest BCUT2D eigenvalue weighted by molar-refractivity contribution is 1.25. The Kier molecular flexibility index (Phi) is 1.37. The Labute approximate surface area is 63.7 Å². The molecule has 0 spiro atoms. The highest BCUT2D eigenvalue weighted by Gasteiger charge is 2.05. The molecule has 0 aliphatic carbocycles. The zero-order valence-electron chi connectivity index (χ0n) is 5.68.